The van der Waals surface area contributed by atoms with Gasteiger partial charge in [-0.05, 0) is 0 Å². The summed E-state index contributed by atoms with van der Waals surface area (Å²) in [5.74, 6) is 0. The third-order valence-electron chi connectivity index (χ3n) is 0.115. The summed E-state index contributed by atoms with van der Waals surface area (Å²) in [5.41, 5.74) is 0. The molecular formula is CN2Tl2. The molecule has 0 rings (SSSR count). The van der Waals surface area contributed by atoms with Gasteiger partial charge in [0.2, 0.25) is 0 Å². The van der Waals surface area contributed by atoms with Gasteiger partial charge in [0.15, 0.2) is 0 Å². The van der Waals surface area contributed by atoms with Gasteiger partial charge in [-0.3, -0.25) is 0 Å². The van der Waals surface area contributed by atoms with Crippen LogP contribution < -0.4 is 0 Å². The van der Waals surface area contributed by atoms with Gasteiger partial charge in [-0.1, -0.05) is 0 Å². The molecule has 0 amide bonds. The molecule has 0 aliphatic carbocycles. The summed E-state index contributed by atoms with van der Waals surface area (Å²) >= 11 is 1.37. The van der Waals surface area contributed by atoms with Crippen LogP contribution in [0.3, 0.4) is 0 Å². The SMILES string of the molecule is [Tl][N]=C=[N][Tl]. The molecule has 0 saturated carbocycles. The van der Waals surface area contributed by atoms with Gasteiger partial charge in [0.05, 0.1) is 0 Å². The second kappa shape index (κ2) is 5.22. The Balaban J connectivity index is 3.26. The molecule has 0 saturated heterocycles. The topological polar surface area (TPSA) is 24.7 Å². The molecule has 0 N–H and O–H groups in total. The van der Waals surface area contributed by atoms with Gasteiger partial charge in [0, 0.05) is 0 Å². The Bertz CT molecular complexity index is 56.0. The average molecular weight is 449 g/mol. The Labute approximate surface area is 63.0 Å². The first-order valence-electron chi connectivity index (χ1n) is 0.964. The number of hydrogen-bond acceptors (Lipinski definition) is 2. The molecule has 0 fully saturated rings. The van der Waals surface area contributed by atoms with Crippen LogP contribution in [0.15, 0.2) is 5.60 Å². The van der Waals surface area contributed by atoms with E-state index in [1.165, 1.54) is 0 Å². The van der Waals surface area contributed by atoms with E-state index in [9.17, 15) is 0 Å². The third-order valence-corrected chi connectivity index (χ3v) is 1.01. The van der Waals surface area contributed by atoms with Crippen LogP contribution in [0.5, 0.6) is 0 Å². The summed E-state index contributed by atoms with van der Waals surface area (Å²) in [6, 6.07) is 2.51. The molecule has 0 bridgehead atoms. The van der Waals surface area contributed by atoms with Crippen LogP contribution >= 0.6 is 0 Å². The molecular weight excluding hydrogens is 449 g/mol. The second-order valence-electron chi connectivity index (χ2n) is 0.358. The van der Waals surface area contributed by atoms with E-state index in [1.807, 2.05) is 0 Å². The van der Waals surface area contributed by atoms with Crippen molar-refractivity contribution in [2.75, 3.05) is 0 Å². The minimum atomic E-state index is 0.683. The molecule has 0 aliphatic heterocycles. The van der Waals surface area contributed by atoms with Crippen LogP contribution in [0, 0.1) is 0 Å². The van der Waals surface area contributed by atoms with Crippen molar-refractivity contribution in [3.63, 3.8) is 0 Å². The van der Waals surface area contributed by atoms with Crippen LogP contribution in [-0.4, -0.2) is 58.1 Å². The maximum absolute atomic E-state index is 3.65. The molecule has 5 heavy (non-hydrogen) atoms. The standard InChI is InChI=1S/CN2.2Tl/c2-1-3;;/q-2;2*+1. The van der Waals surface area contributed by atoms with Crippen molar-refractivity contribution in [1.82, 2.24) is 0 Å². The zero-order valence-corrected chi connectivity index (χ0v) is 11.5. The molecule has 0 aromatic carbocycles. The van der Waals surface area contributed by atoms with Gasteiger partial charge < -0.3 is 0 Å². The fourth-order valence-electron chi connectivity index (χ4n) is 0.0333. The van der Waals surface area contributed by atoms with Crippen molar-refractivity contribution in [1.29, 1.82) is 0 Å². The number of hydrogen-bond donors (Lipinski definition) is 0. The monoisotopic (exact) mass is 450 g/mol. The van der Waals surface area contributed by atoms with Gasteiger partial charge in [-0.25, -0.2) is 0 Å². The summed E-state index contributed by atoms with van der Waals surface area (Å²) in [4.78, 5) is 0. The van der Waals surface area contributed by atoms with Gasteiger partial charge in [-0.15, -0.1) is 0 Å². The van der Waals surface area contributed by atoms with E-state index in [-0.39, 0.29) is 0 Å². The third kappa shape index (κ3) is 5.22. The number of rotatable bonds is 0. The summed E-state index contributed by atoms with van der Waals surface area (Å²) < 4.78 is 7.29. The minimum absolute atomic E-state index is 0.683. The molecule has 0 aliphatic rings. The molecule has 0 radical (unpaired) electrons. The van der Waals surface area contributed by atoms with Crippen molar-refractivity contribution in [3.8, 4) is 0 Å². The Morgan fingerprint density at radius 1 is 1.20 bits per heavy atom. The molecule has 4 heteroatoms. The average Bonchev–Trinajstić information content (AvgIpc) is 1.41. The number of nitrogens with zero attached hydrogens (tertiary/aromatic N) is 2. The summed E-state index contributed by atoms with van der Waals surface area (Å²) in [5, 5.41) is 0. The fraction of sp³-hybridized carbons (Fsp3) is 0. The summed E-state index contributed by atoms with van der Waals surface area (Å²) in [6.45, 7) is 0. The summed E-state index contributed by atoms with van der Waals surface area (Å²) in [6.07, 6.45) is 0. The molecule has 0 unspecified atom stereocenters. The molecule has 0 heterocycles. The Kier molecular flexibility index (Phi) is 6.50. The van der Waals surface area contributed by atoms with Crippen LogP contribution in [-0.2, 0) is 0 Å². The van der Waals surface area contributed by atoms with Crippen LogP contribution in [0.2, 0.25) is 0 Å². The zero-order chi connectivity index (χ0) is 4.12. The van der Waals surface area contributed by atoms with E-state index >= 15 is 0 Å². The van der Waals surface area contributed by atoms with E-state index < -0.39 is 0 Å². The first-order valence-corrected chi connectivity index (χ1v) is 4.98. The van der Waals surface area contributed by atoms with Gasteiger partial charge in [0.1, 0.15) is 0 Å². The first-order chi connectivity index (χ1) is 2.41. The van der Waals surface area contributed by atoms with Crippen molar-refractivity contribution < 1.29 is 0 Å². The van der Waals surface area contributed by atoms with E-state index in [4.69, 9.17) is 0 Å². The molecule has 0 aromatic rings. The van der Waals surface area contributed by atoms with Crippen molar-refractivity contribution >= 4 is 58.1 Å². The normalized spacial score (nSPS) is 4.40. The van der Waals surface area contributed by atoms with Crippen molar-refractivity contribution in [2.45, 2.75) is 0 Å². The maximum atomic E-state index is 3.65. The van der Waals surface area contributed by atoms with Gasteiger partial charge in [0.25, 0.3) is 0 Å². The van der Waals surface area contributed by atoms with Crippen LogP contribution in [0.4, 0.5) is 0 Å². The molecule has 0 atom stereocenters. The van der Waals surface area contributed by atoms with Crippen LogP contribution in [0.1, 0.15) is 0 Å². The predicted molar refractivity (Wildman–Crippen MR) is 21.4 cm³/mol. The second-order valence-corrected chi connectivity index (χ2v) is 2.37. The molecule has 0 spiro atoms. The van der Waals surface area contributed by atoms with Crippen LogP contribution in [0.25, 0.3) is 0 Å². The Morgan fingerprint density at radius 2 is 1.60 bits per heavy atom. The summed E-state index contributed by atoms with van der Waals surface area (Å²) in [7, 11) is 0. The molecule has 20 valence electrons. The molecule has 0 aromatic heterocycles. The van der Waals surface area contributed by atoms with E-state index in [0.29, 0.717) is 52.1 Å². The zero-order valence-electron chi connectivity index (χ0n) is 2.55. The Morgan fingerprint density at radius 3 is 1.60 bits per heavy atom. The fourth-order valence-corrected chi connectivity index (χ4v) is 2.57. The van der Waals surface area contributed by atoms with E-state index in [2.05, 4.69) is 11.6 Å². The predicted octanol–water partition coefficient (Wildman–Crippen LogP) is -0.673. The van der Waals surface area contributed by atoms with E-state index in [0.717, 1.165) is 0 Å². The quantitative estimate of drug-likeness (QED) is 0.347. The van der Waals surface area contributed by atoms with Crippen molar-refractivity contribution in [2.24, 2.45) is 5.60 Å². The first kappa shape index (κ1) is 6.22. The van der Waals surface area contributed by atoms with E-state index in [1.54, 1.807) is 0 Å². The molecule has 2 nitrogen and oxygen atoms in total. The van der Waals surface area contributed by atoms with Gasteiger partial charge >= 0.3 is 63.7 Å². The van der Waals surface area contributed by atoms with Gasteiger partial charge in [-0.2, -0.15) is 0 Å². The van der Waals surface area contributed by atoms with Crippen molar-refractivity contribution in [3.05, 3.63) is 0 Å². The Hall–Kier alpha value is 1.22.